The Balaban J connectivity index is 1.31. The Morgan fingerprint density at radius 2 is 1.78 bits per heavy atom. The number of carbonyl (C=O) groups is 1. The van der Waals surface area contributed by atoms with Crippen molar-refractivity contribution in [2.45, 2.75) is 37.9 Å². The van der Waals surface area contributed by atoms with Gasteiger partial charge in [-0.3, -0.25) is 9.69 Å². The van der Waals surface area contributed by atoms with Crippen LogP contribution < -0.4 is 4.90 Å². The van der Waals surface area contributed by atoms with E-state index in [1.54, 1.807) is 0 Å². The van der Waals surface area contributed by atoms with E-state index in [2.05, 4.69) is 9.88 Å². The molecule has 0 bridgehead atoms. The van der Waals surface area contributed by atoms with E-state index < -0.39 is 11.7 Å². The van der Waals surface area contributed by atoms with Crippen molar-refractivity contribution in [1.29, 1.82) is 0 Å². The Hall–Kier alpha value is -1.83. The minimum absolute atomic E-state index is 0.0927. The van der Waals surface area contributed by atoms with Crippen LogP contribution in [0.2, 0.25) is 0 Å². The van der Waals surface area contributed by atoms with E-state index in [0.717, 1.165) is 38.2 Å². The van der Waals surface area contributed by atoms with Gasteiger partial charge in [-0.1, -0.05) is 0 Å². The van der Waals surface area contributed by atoms with Crippen molar-refractivity contribution in [3.63, 3.8) is 0 Å². The summed E-state index contributed by atoms with van der Waals surface area (Å²) in [5, 5.41) is 0. The number of amides is 1. The molecule has 1 aromatic heterocycles. The van der Waals surface area contributed by atoms with E-state index in [1.165, 1.54) is 18.9 Å². The van der Waals surface area contributed by atoms with Crippen LogP contribution in [0.1, 0.15) is 31.2 Å². The number of carbonyl (C=O) groups excluding carboxylic acids is 1. The summed E-state index contributed by atoms with van der Waals surface area (Å²) in [6.07, 6.45) is 1.08. The fraction of sp³-hybridized carbons (Fsp3) is 0.684. The molecular formula is C19H25F3N4O. The van der Waals surface area contributed by atoms with E-state index in [-0.39, 0.29) is 11.8 Å². The lowest BCUT2D eigenvalue weighted by Gasteiger charge is -2.39. The molecule has 1 atom stereocenters. The highest BCUT2D eigenvalue weighted by atomic mass is 19.4. The lowest BCUT2D eigenvalue weighted by molar-refractivity contribution is -0.138. The van der Waals surface area contributed by atoms with Crippen molar-refractivity contribution in [3.05, 3.63) is 23.9 Å². The number of anilines is 1. The predicted molar refractivity (Wildman–Crippen MR) is 95.4 cm³/mol. The number of piperazine rings is 1. The molecule has 2 aliphatic heterocycles. The first-order chi connectivity index (χ1) is 12.9. The van der Waals surface area contributed by atoms with Crippen molar-refractivity contribution >= 4 is 11.7 Å². The molecule has 1 saturated carbocycles. The topological polar surface area (TPSA) is 39.7 Å². The van der Waals surface area contributed by atoms with Gasteiger partial charge in [0.15, 0.2) is 0 Å². The molecule has 0 radical (unpaired) electrons. The Labute approximate surface area is 157 Å². The molecule has 3 aliphatic rings. The first-order valence-electron chi connectivity index (χ1n) is 9.73. The van der Waals surface area contributed by atoms with Crippen LogP contribution in [-0.2, 0) is 11.0 Å². The maximum absolute atomic E-state index is 12.9. The number of pyridine rings is 1. The highest BCUT2D eigenvalue weighted by molar-refractivity contribution is 5.79. The molecule has 1 unspecified atom stereocenters. The van der Waals surface area contributed by atoms with Gasteiger partial charge in [0.2, 0.25) is 5.91 Å². The van der Waals surface area contributed by atoms with Gasteiger partial charge in [-0.25, -0.2) is 4.98 Å². The zero-order valence-corrected chi connectivity index (χ0v) is 15.3. The van der Waals surface area contributed by atoms with Gasteiger partial charge in [0.05, 0.1) is 11.5 Å². The number of halogens is 3. The number of rotatable bonds is 3. The molecule has 5 nitrogen and oxygen atoms in total. The second-order valence-electron chi connectivity index (χ2n) is 7.78. The minimum Gasteiger partial charge on any atom is -0.353 e. The van der Waals surface area contributed by atoms with Crippen molar-refractivity contribution in [2.75, 3.05) is 44.2 Å². The van der Waals surface area contributed by atoms with Crippen molar-refractivity contribution in [2.24, 2.45) is 5.92 Å². The molecule has 3 fully saturated rings. The SMILES string of the molecule is O=C(C1CCCN(C2CC2)C1)N1CCN(c2ccc(C(F)(F)F)cn2)CC1. The van der Waals surface area contributed by atoms with Crippen LogP contribution >= 0.6 is 0 Å². The van der Waals surface area contributed by atoms with Crippen LogP contribution in [0.4, 0.5) is 19.0 Å². The van der Waals surface area contributed by atoms with Crippen molar-refractivity contribution < 1.29 is 18.0 Å². The molecular weight excluding hydrogens is 357 g/mol. The van der Waals surface area contributed by atoms with Crippen LogP contribution in [0.15, 0.2) is 18.3 Å². The van der Waals surface area contributed by atoms with Crippen molar-refractivity contribution in [3.8, 4) is 0 Å². The van der Waals surface area contributed by atoms with Crippen molar-refractivity contribution in [1.82, 2.24) is 14.8 Å². The molecule has 2 saturated heterocycles. The zero-order chi connectivity index (χ0) is 19.0. The Bertz CT molecular complexity index is 667. The molecule has 0 aromatic carbocycles. The molecule has 148 valence electrons. The molecule has 8 heteroatoms. The zero-order valence-electron chi connectivity index (χ0n) is 15.3. The van der Waals surface area contributed by atoms with E-state index in [4.69, 9.17) is 0 Å². The fourth-order valence-electron chi connectivity index (χ4n) is 4.13. The van der Waals surface area contributed by atoms with E-state index in [1.807, 2.05) is 9.80 Å². The van der Waals surface area contributed by atoms with E-state index in [0.29, 0.717) is 38.0 Å². The third-order valence-electron chi connectivity index (χ3n) is 5.86. The Morgan fingerprint density at radius 1 is 1.04 bits per heavy atom. The van der Waals surface area contributed by atoms with Gasteiger partial charge in [0, 0.05) is 45.0 Å². The monoisotopic (exact) mass is 382 g/mol. The number of alkyl halides is 3. The van der Waals surface area contributed by atoms with Gasteiger partial charge in [-0.2, -0.15) is 13.2 Å². The number of aromatic nitrogens is 1. The number of likely N-dealkylation sites (tertiary alicyclic amines) is 1. The summed E-state index contributed by atoms with van der Waals surface area (Å²) >= 11 is 0. The summed E-state index contributed by atoms with van der Waals surface area (Å²) in [6.45, 7) is 4.39. The minimum atomic E-state index is -4.37. The van der Waals surface area contributed by atoms with E-state index >= 15 is 0 Å². The highest BCUT2D eigenvalue weighted by Crippen LogP contribution is 2.32. The molecule has 27 heavy (non-hydrogen) atoms. The maximum Gasteiger partial charge on any atom is 0.417 e. The summed E-state index contributed by atoms with van der Waals surface area (Å²) < 4.78 is 38.0. The number of hydrogen-bond donors (Lipinski definition) is 0. The fourth-order valence-corrected chi connectivity index (χ4v) is 4.13. The standard InChI is InChI=1S/C19H25F3N4O/c20-19(21,22)15-3-6-17(23-12-15)24-8-10-25(11-9-24)18(27)14-2-1-7-26(13-14)16-4-5-16/h3,6,12,14,16H,1-2,4-5,7-11,13H2. The maximum atomic E-state index is 12.9. The predicted octanol–water partition coefficient (Wildman–Crippen LogP) is 2.62. The van der Waals surface area contributed by atoms with Gasteiger partial charge in [0.25, 0.3) is 0 Å². The molecule has 3 heterocycles. The normalized spacial score (nSPS) is 24.9. The van der Waals surface area contributed by atoms with Crippen LogP contribution in [-0.4, -0.2) is 66.0 Å². The van der Waals surface area contributed by atoms with Gasteiger partial charge >= 0.3 is 6.18 Å². The number of piperidine rings is 1. The summed E-state index contributed by atoms with van der Waals surface area (Å²) in [5.41, 5.74) is -0.738. The van der Waals surface area contributed by atoms with Gasteiger partial charge in [-0.15, -0.1) is 0 Å². The van der Waals surface area contributed by atoms with Crippen LogP contribution in [0.25, 0.3) is 0 Å². The molecule has 1 amide bonds. The van der Waals surface area contributed by atoms with Crippen LogP contribution in [0.3, 0.4) is 0 Å². The molecule has 4 rings (SSSR count). The number of nitrogens with zero attached hydrogens (tertiary/aromatic N) is 4. The molecule has 1 aromatic rings. The smallest absolute Gasteiger partial charge is 0.353 e. The largest absolute Gasteiger partial charge is 0.417 e. The molecule has 0 spiro atoms. The van der Waals surface area contributed by atoms with Crippen LogP contribution in [0.5, 0.6) is 0 Å². The summed E-state index contributed by atoms with van der Waals surface area (Å²) in [7, 11) is 0. The lowest BCUT2D eigenvalue weighted by atomic mass is 9.96. The summed E-state index contributed by atoms with van der Waals surface area (Å²) in [4.78, 5) is 23.2. The molecule has 0 N–H and O–H groups in total. The Kier molecular flexibility index (Phi) is 5.01. The van der Waals surface area contributed by atoms with Gasteiger partial charge in [-0.05, 0) is 44.4 Å². The highest BCUT2D eigenvalue weighted by Gasteiger charge is 2.37. The second kappa shape index (κ2) is 7.30. The summed E-state index contributed by atoms with van der Waals surface area (Å²) in [6, 6.07) is 3.17. The third kappa shape index (κ3) is 4.20. The Morgan fingerprint density at radius 3 is 2.37 bits per heavy atom. The van der Waals surface area contributed by atoms with Gasteiger partial charge < -0.3 is 9.80 Å². The number of hydrogen-bond acceptors (Lipinski definition) is 4. The van der Waals surface area contributed by atoms with E-state index in [9.17, 15) is 18.0 Å². The first kappa shape index (κ1) is 18.5. The third-order valence-corrected chi connectivity index (χ3v) is 5.86. The molecule has 1 aliphatic carbocycles. The average Bonchev–Trinajstić information content (AvgIpc) is 3.52. The second-order valence-corrected chi connectivity index (χ2v) is 7.78. The van der Waals surface area contributed by atoms with Crippen LogP contribution in [0, 0.1) is 5.92 Å². The lowest BCUT2D eigenvalue weighted by Crippen LogP contribution is -2.53. The average molecular weight is 382 g/mol. The van der Waals surface area contributed by atoms with Gasteiger partial charge in [0.1, 0.15) is 5.82 Å². The quantitative estimate of drug-likeness (QED) is 0.806. The first-order valence-corrected chi connectivity index (χ1v) is 9.73. The summed E-state index contributed by atoms with van der Waals surface area (Å²) in [5.74, 6) is 0.864.